The minimum absolute atomic E-state index is 0. The minimum Gasteiger partial charge on any atom is -0.508 e. The molecule has 6 nitrogen and oxygen atoms in total. The van der Waals surface area contributed by atoms with Crippen molar-refractivity contribution in [3.05, 3.63) is 29.8 Å². The molecule has 1 aliphatic heterocycles. The maximum Gasteiger partial charge on any atom is 0.254 e. The number of hydrogen-bond acceptors (Lipinski definition) is 4. The molecule has 0 aromatic heterocycles. The van der Waals surface area contributed by atoms with Crippen LogP contribution in [0.25, 0.3) is 0 Å². The van der Waals surface area contributed by atoms with Gasteiger partial charge in [0.15, 0.2) is 0 Å². The maximum absolute atomic E-state index is 12.4. The zero-order valence-corrected chi connectivity index (χ0v) is 15.3. The van der Waals surface area contributed by atoms with Gasteiger partial charge in [-0.05, 0) is 37.6 Å². The van der Waals surface area contributed by atoms with Crippen LogP contribution in [0.15, 0.2) is 24.3 Å². The van der Waals surface area contributed by atoms with E-state index in [1.165, 1.54) is 6.07 Å². The predicted molar refractivity (Wildman–Crippen MR) is 100.0 cm³/mol. The standard InChI is InChI=1S/C18H27N3O3.ClH/c19-9-4-2-1-3-8-17(23)20-10-12-21(13-11-20)18(24)15-6-5-7-16(22)14-15;/h5-7,14,22H,1-4,8-13,19H2;1H. The number of piperazine rings is 1. The molecule has 0 aliphatic carbocycles. The fourth-order valence-electron chi connectivity index (χ4n) is 2.91. The number of phenols is 1. The Bertz CT molecular complexity index is 560. The zero-order chi connectivity index (χ0) is 17.4. The molecule has 2 amide bonds. The number of carbonyl (C=O) groups is 2. The third-order valence-electron chi connectivity index (χ3n) is 4.36. The van der Waals surface area contributed by atoms with Crippen molar-refractivity contribution in [3.8, 4) is 5.75 Å². The highest BCUT2D eigenvalue weighted by molar-refractivity contribution is 5.94. The topological polar surface area (TPSA) is 86.9 Å². The summed E-state index contributed by atoms with van der Waals surface area (Å²) in [6.07, 6.45) is 4.62. The van der Waals surface area contributed by atoms with E-state index in [4.69, 9.17) is 5.73 Å². The Morgan fingerprint density at radius 3 is 2.28 bits per heavy atom. The average molecular weight is 370 g/mol. The minimum atomic E-state index is -0.0974. The van der Waals surface area contributed by atoms with Crippen LogP contribution < -0.4 is 5.73 Å². The Hall–Kier alpha value is -1.79. The highest BCUT2D eigenvalue weighted by atomic mass is 35.5. The monoisotopic (exact) mass is 369 g/mol. The molecule has 1 heterocycles. The fourth-order valence-corrected chi connectivity index (χ4v) is 2.91. The van der Waals surface area contributed by atoms with Gasteiger partial charge in [-0.25, -0.2) is 0 Å². The summed E-state index contributed by atoms with van der Waals surface area (Å²) in [5, 5.41) is 9.48. The molecule has 1 aromatic rings. The second kappa shape index (κ2) is 10.9. The summed E-state index contributed by atoms with van der Waals surface area (Å²) in [5.41, 5.74) is 5.94. The molecule has 1 fully saturated rings. The number of nitrogens with two attached hydrogens (primary N) is 1. The number of nitrogens with zero attached hydrogens (tertiary/aromatic N) is 2. The molecule has 0 atom stereocenters. The van der Waals surface area contributed by atoms with Gasteiger partial charge in [-0.3, -0.25) is 9.59 Å². The van der Waals surface area contributed by atoms with E-state index in [1.54, 1.807) is 23.1 Å². The van der Waals surface area contributed by atoms with Gasteiger partial charge in [0.25, 0.3) is 5.91 Å². The lowest BCUT2D eigenvalue weighted by Gasteiger charge is -2.35. The van der Waals surface area contributed by atoms with Crippen molar-refractivity contribution >= 4 is 24.2 Å². The van der Waals surface area contributed by atoms with Crippen LogP contribution in [-0.4, -0.2) is 59.4 Å². The van der Waals surface area contributed by atoms with Gasteiger partial charge < -0.3 is 20.6 Å². The molecule has 25 heavy (non-hydrogen) atoms. The number of aromatic hydroxyl groups is 1. The summed E-state index contributed by atoms with van der Waals surface area (Å²) < 4.78 is 0. The normalized spacial score (nSPS) is 14.1. The third-order valence-corrected chi connectivity index (χ3v) is 4.36. The van der Waals surface area contributed by atoms with E-state index in [-0.39, 0.29) is 30.0 Å². The number of benzene rings is 1. The molecule has 1 aromatic carbocycles. The van der Waals surface area contributed by atoms with Gasteiger partial charge >= 0.3 is 0 Å². The average Bonchev–Trinajstić information content (AvgIpc) is 2.61. The lowest BCUT2D eigenvalue weighted by Crippen LogP contribution is -2.50. The molecular weight excluding hydrogens is 342 g/mol. The number of rotatable bonds is 7. The lowest BCUT2D eigenvalue weighted by atomic mass is 10.1. The lowest BCUT2D eigenvalue weighted by molar-refractivity contribution is -0.132. The van der Waals surface area contributed by atoms with Crippen molar-refractivity contribution in [2.45, 2.75) is 32.1 Å². The molecule has 7 heteroatoms. The van der Waals surface area contributed by atoms with E-state index < -0.39 is 0 Å². The Labute approximate surface area is 155 Å². The van der Waals surface area contributed by atoms with E-state index >= 15 is 0 Å². The van der Waals surface area contributed by atoms with Crippen LogP contribution in [-0.2, 0) is 4.79 Å². The van der Waals surface area contributed by atoms with Crippen molar-refractivity contribution in [1.29, 1.82) is 0 Å². The van der Waals surface area contributed by atoms with Crippen LogP contribution in [0.3, 0.4) is 0 Å². The summed E-state index contributed by atoms with van der Waals surface area (Å²) in [4.78, 5) is 28.2. The number of hydrogen-bond donors (Lipinski definition) is 2. The van der Waals surface area contributed by atoms with Crippen molar-refractivity contribution in [2.75, 3.05) is 32.7 Å². The molecule has 0 radical (unpaired) electrons. The Morgan fingerprint density at radius 1 is 1.00 bits per heavy atom. The highest BCUT2D eigenvalue weighted by Crippen LogP contribution is 2.15. The first-order valence-electron chi connectivity index (χ1n) is 8.68. The van der Waals surface area contributed by atoms with Gasteiger partial charge in [-0.2, -0.15) is 0 Å². The van der Waals surface area contributed by atoms with Crippen LogP contribution >= 0.6 is 12.4 Å². The van der Waals surface area contributed by atoms with Crippen molar-refractivity contribution in [2.24, 2.45) is 5.73 Å². The van der Waals surface area contributed by atoms with Gasteiger partial charge in [0.2, 0.25) is 5.91 Å². The second-order valence-corrected chi connectivity index (χ2v) is 6.18. The molecule has 2 rings (SSSR count). The number of phenolic OH excluding ortho intramolecular Hbond substituents is 1. The summed E-state index contributed by atoms with van der Waals surface area (Å²) in [6, 6.07) is 6.37. The molecule has 0 spiro atoms. The van der Waals surface area contributed by atoms with Gasteiger partial charge in [-0.1, -0.05) is 18.9 Å². The Balaban J connectivity index is 0.00000312. The highest BCUT2D eigenvalue weighted by Gasteiger charge is 2.24. The van der Waals surface area contributed by atoms with E-state index in [0.29, 0.717) is 44.7 Å². The smallest absolute Gasteiger partial charge is 0.254 e. The second-order valence-electron chi connectivity index (χ2n) is 6.18. The number of halogens is 1. The van der Waals surface area contributed by atoms with E-state index in [2.05, 4.69) is 0 Å². The number of unbranched alkanes of at least 4 members (excludes halogenated alkanes) is 3. The SMILES string of the molecule is Cl.NCCCCCCC(=O)N1CCN(C(=O)c2cccc(O)c2)CC1. The molecule has 0 bridgehead atoms. The van der Waals surface area contributed by atoms with Crippen LogP contribution in [0.1, 0.15) is 42.5 Å². The quantitative estimate of drug-likeness (QED) is 0.720. The fraction of sp³-hybridized carbons (Fsp3) is 0.556. The largest absolute Gasteiger partial charge is 0.508 e. The van der Waals surface area contributed by atoms with Crippen LogP contribution in [0.4, 0.5) is 0 Å². The van der Waals surface area contributed by atoms with Gasteiger partial charge in [0.1, 0.15) is 5.75 Å². The summed E-state index contributed by atoms with van der Waals surface area (Å²) in [5.74, 6) is 0.163. The molecular formula is C18H28ClN3O3. The summed E-state index contributed by atoms with van der Waals surface area (Å²) in [6.45, 7) is 2.93. The van der Waals surface area contributed by atoms with E-state index in [9.17, 15) is 14.7 Å². The summed E-state index contributed by atoms with van der Waals surface area (Å²) >= 11 is 0. The first-order chi connectivity index (χ1) is 11.6. The van der Waals surface area contributed by atoms with Crippen molar-refractivity contribution in [1.82, 2.24) is 9.80 Å². The van der Waals surface area contributed by atoms with Crippen molar-refractivity contribution in [3.63, 3.8) is 0 Å². The van der Waals surface area contributed by atoms with E-state index in [0.717, 1.165) is 25.7 Å². The third kappa shape index (κ3) is 6.55. The van der Waals surface area contributed by atoms with Crippen LogP contribution in [0.5, 0.6) is 5.75 Å². The van der Waals surface area contributed by atoms with Gasteiger partial charge in [-0.15, -0.1) is 12.4 Å². The van der Waals surface area contributed by atoms with Crippen molar-refractivity contribution < 1.29 is 14.7 Å². The molecule has 0 unspecified atom stereocenters. The Kier molecular flexibility index (Phi) is 9.31. The van der Waals surface area contributed by atoms with Crippen LogP contribution in [0.2, 0.25) is 0 Å². The van der Waals surface area contributed by atoms with Gasteiger partial charge in [0, 0.05) is 38.2 Å². The molecule has 1 aliphatic rings. The van der Waals surface area contributed by atoms with Crippen LogP contribution in [0, 0.1) is 0 Å². The molecule has 140 valence electrons. The molecule has 1 saturated heterocycles. The Morgan fingerprint density at radius 2 is 1.64 bits per heavy atom. The maximum atomic E-state index is 12.4. The first-order valence-corrected chi connectivity index (χ1v) is 8.68. The van der Waals surface area contributed by atoms with Gasteiger partial charge in [0.05, 0.1) is 0 Å². The number of amides is 2. The predicted octanol–water partition coefficient (Wildman–Crippen LogP) is 2.01. The zero-order valence-electron chi connectivity index (χ0n) is 14.5. The first kappa shape index (κ1) is 21.3. The number of carbonyl (C=O) groups excluding carboxylic acids is 2. The summed E-state index contributed by atoms with van der Waals surface area (Å²) in [7, 11) is 0. The molecule has 0 saturated carbocycles. The van der Waals surface area contributed by atoms with E-state index in [1.807, 2.05) is 4.90 Å². The molecule has 3 N–H and O–H groups in total.